The van der Waals surface area contributed by atoms with Crippen LogP contribution in [0, 0.1) is 11.6 Å². The average molecular weight is 316 g/mol. The molecule has 0 amide bonds. The zero-order valence-corrected chi connectivity index (χ0v) is 11.3. The largest absolute Gasteiger partial charge is 0.477 e. The lowest BCUT2D eigenvalue weighted by molar-refractivity contribution is 0.0702. The van der Waals surface area contributed by atoms with Gasteiger partial charge in [-0.05, 0) is 12.1 Å². The Morgan fingerprint density at radius 1 is 1.25 bits per heavy atom. The molecule has 3 rings (SSSR count). The molecule has 1 aromatic heterocycles. The summed E-state index contributed by atoms with van der Waals surface area (Å²) in [6.07, 6.45) is 0. The molecule has 8 heteroatoms. The predicted octanol–water partition coefficient (Wildman–Crippen LogP) is 2.68. The average Bonchev–Trinajstić information content (AvgIpc) is 2.77. The van der Waals surface area contributed by atoms with Crippen molar-refractivity contribution in [2.45, 2.75) is 10.6 Å². The van der Waals surface area contributed by atoms with Gasteiger partial charge in [0, 0.05) is 17.2 Å². The highest BCUT2D eigenvalue weighted by Gasteiger charge is 2.33. The van der Waals surface area contributed by atoms with Crippen LogP contribution >= 0.6 is 11.3 Å². The number of aromatic carboxylic acids is 1. The minimum atomic E-state index is -3.82. The fourth-order valence-corrected chi connectivity index (χ4v) is 5.15. The third-order valence-electron chi connectivity index (χ3n) is 2.98. The van der Waals surface area contributed by atoms with Gasteiger partial charge in [0.15, 0.2) is 9.84 Å². The number of hydrogen-bond acceptors (Lipinski definition) is 4. The van der Waals surface area contributed by atoms with E-state index in [1.807, 2.05) is 0 Å². The molecular weight excluding hydrogens is 310 g/mol. The molecule has 2 aromatic rings. The number of rotatable bonds is 1. The zero-order chi connectivity index (χ0) is 14.7. The summed E-state index contributed by atoms with van der Waals surface area (Å²) in [6.45, 7) is 0. The van der Waals surface area contributed by atoms with Crippen molar-refractivity contribution in [1.82, 2.24) is 0 Å². The van der Waals surface area contributed by atoms with E-state index in [2.05, 4.69) is 0 Å². The topological polar surface area (TPSA) is 71.4 Å². The van der Waals surface area contributed by atoms with Gasteiger partial charge in [0.25, 0.3) is 0 Å². The van der Waals surface area contributed by atoms with Gasteiger partial charge in [-0.25, -0.2) is 22.0 Å². The Kier molecular flexibility index (Phi) is 2.70. The molecule has 0 spiro atoms. The number of sulfone groups is 1. The Labute approximate surface area is 116 Å². The summed E-state index contributed by atoms with van der Waals surface area (Å²) in [6, 6.07) is 2.67. The summed E-state index contributed by atoms with van der Waals surface area (Å²) in [5, 5.41) is 8.93. The molecule has 0 saturated carbocycles. The second-order valence-corrected chi connectivity index (χ2v) is 7.29. The highest BCUT2D eigenvalue weighted by molar-refractivity contribution is 7.91. The van der Waals surface area contributed by atoms with Crippen molar-refractivity contribution in [3.63, 3.8) is 0 Å². The Morgan fingerprint density at radius 3 is 2.60 bits per heavy atom. The van der Waals surface area contributed by atoms with Gasteiger partial charge in [0.1, 0.15) is 16.5 Å². The lowest BCUT2D eigenvalue weighted by atomic mass is 10.1. The number of thiophene rings is 1. The van der Waals surface area contributed by atoms with Crippen molar-refractivity contribution >= 4 is 27.1 Å². The summed E-state index contributed by atoms with van der Waals surface area (Å²) in [7, 11) is -3.82. The number of halogens is 2. The number of carbonyl (C=O) groups is 1. The van der Waals surface area contributed by atoms with Gasteiger partial charge in [0.05, 0.1) is 15.5 Å². The summed E-state index contributed by atoms with van der Waals surface area (Å²) in [4.78, 5) is 10.6. The molecule has 0 unspecified atom stereocenters. The van der Waals surface area contributed by atoms with Gasteiger partial charge in [-0.2, -0.15) is 0 Å². The monoisotopic (exact) mass is 316 g/mol. The normalized spacial score (nSPS) is 15.5. The fraction of sp³-hybridized carbons (Fsp3) is 0.0833. The van der Waals surface area contributed by atoms with Crippen LogP contribution in [-0.2, 0) is 15.6 Å². The quantitative estimate of drug-likeness (QED) is 0.878. The van der Waals surface area contributed by atoms with E-state index >= 15 is 0 Å². The Balaban J connectivity index is 2.39. The molecular formula is C12H6F2O4S2. The fourth-order valence-electron chi connectivity index (χ4n) is 2.12. The van der Waals surface area contributed by atoms with Crippen LogP contribution in [0.5, 0.6) is 0 Å². The highest BCUT2D eigenvalue weighted by atomic mass is 32.2. The smallest absolute Gasteiger partial charge is 0.345 e. The van der Waals surface area contributed by atoms with E-state index in [1.165, 1.54) is 0 Å². The van der Waals surface area contributed by atoms with E-state index in [0.29, 0.717) is 17.4 Å². The van der Waals surface area contributed by atoms with Gasteiger partial charge < -0.3 is 5.11 Å². The first-order valence-corrected chi connectivity index (χ1v) is 7.84. The van der Waals surface area contributed by atoms with Gasteiger partial charge in [0.2, 0.25) is 0 Å². The summed E-state index contributed by atoms with van der Waals surface area (Å²) in [5.41, 5.74) is -0.0255. The number of fused-ring (bicyclic) bond motifs is 3. The Hall–Kier alpha value is -1.80. The van der Waals surface area contributed by atoms with Crippen molar-refractivity contribution in [2.75, 3.05) is 0 Å². The molecule has 0 fully saturated rings. The van der Waals surface area contributed by atoms with Crippen molar-refractivity contribution in [2.24, 2.45) is 0 Å². The zero-order valence-electron chi connectivity index (χ0n) is 9.68. The molecule has 104 valence electrons. The molecule has 1 aliphatic heterocycles. The van der Waals surface area contributed by atoms with Crippen LogP contribution in [0.15, 0.2) is 23.1 Å². The SMILES string of the molecule is O=C(O)c1cc2c(s1)-c1cc(F)cc(F)c1CS2(=O)=O. The van der Waals surface area contributed by atoms with Gasteiger partial charge in [-0.3, -0.25) is 0 Å². The molecule has 1 aliphatic rings. The van der Waals surface area contributed by atoms with Crippen molar-refractivity contribution in [1.29, 1.82) is 0 Å². The maximum absolute atomic E-state index is 13.7. The van der Waals surface area contributed by atoms with E-state index < -0.39 is 33.2 Å². The molecule has 2 heterocycles. The third-order valence-corrected chi connectivity index (χ3v) is 5.93. The van der Waals surface area contributed by atoms with Gasteiger partial charge >= 0.3 is 5.97 Å². The number of hydrogen-bond donors (Lipinski definition) is 1. The third kappa shape index (κ3) is 1.83. The molecule has 0 bridgehead atoms. The molecule has 4 nitrogen and oxygen atoms in total. The molecule has 1 N–H and O–H groups in total. The Morgan fingerprint density at radius 2 is 1.95 bits per heavy atom. The first kappa shape index (κ1) is 13.2. The van der Waals surface area contributed by atoms with Crippen LogP contribution in [0.4, 0.5) is 8.78 Å². The van der Waals surface area contributed by atoms with Crippen LogP contribution in [0.1, 0.15) is 15.2 Å². The van der Waals surface area contributed by atoms with E-state index in [1.54, 1.807) is 0 Å². The predicted molar refractivity (Wildman–Crippen MR) is 67.5 cm³/mol. The molecule has 0 radical (unpaired) electrons. The standard InChI is InChI=1S/C12H6F2O4S2/c13-5-1-6-7(8(14)2-5)4-20(17,18)10-3-9(12(15)16)19-11(6)10/h1-3H,4H2,(H,15,16). The Bertz CT molecular complexity index is 853. The molecule has 20 heavy (non-hydrogen) atoms. The molecule has 0 atom stereocenters. The van der Waals surface area contributed by atoms with E-state index in [4.69, 9.17) is 5.11 Å². The van der Waals surface area contributed by atoms with E-state index in [9.17, 15) is 22.0 Å². The van der Waals surface area contributed by atoms with Crippen LogP contribution in [0.2, 0.25) is 0 Å². The lowest BCUT2D eigenvalue weighted by Crippen LogP contribution is -2.13. The summed E-state index contributed by atoms with van der Waals surface area (Å²) in [5.74, 6) is -3.66. The number of carboxylic acids is 1. The second kappa shape index (κ2) is 4.10. The maximum atomic E-state index is 13.7. The lowest BCUT2D eigenvalue weighted by Gasteiger charge is -2.17. The second-order valence-electron chi connectivity index (χ2n) is 4.28. The van der Waals surface area contributed by atoms with Crippen molar-refractivity contribution in [3.8, 4) is 10.4 Å². The first-order valence-electron chi connectivity index (χ1n) is 5.38. The first-order chi connectivity index (χ1) is 9.29. The van der Waals surface area contributed by atoms with Gasteiger partial charge in [-0.15, -0.1) is 11.3 Å². The summed E-state index contributed by atoms with van der Waals surface area (Å²) >= 11 is 0.694. The van der Waals surface area contributed by atoms with Gasteiger partial charge in [-0.1, -0.05) is 0 Å². The van der Waals surface area contributed by atoms with Crippen LogP contribution in [-0.4, -0.2) is 19.5 Å². The minimum Gasteiger partial charge on any atom is -0.477 e. The van der Waals surface area contributed by atoms with E-state index in [-0.39, 0.29) is 25.8 Å². The number of carboxylic acid groups (broad SMARTS) is 1. The van der Waals surface area contributed by atoms with Crippen LogP contribution in [0.3, 0.4) is 0 Å². The van der Waals surface area contributed by atoms with Crippen molar-refractivity contribution < 1.29 is 27.1 Å². The minimum absolute atomic E-state index is 0.0713. The molecule has 1 aromatic carbocycles. The van der Waals surface area contributed by atoms with Crippen LogP contribution in [0.25, 0.3) is 10.4 Å². The highest BCUT2D eigenvalue weighted by Crippen LogP contribution is 2.44. The number of benzene rings is 1. The molecule has 0 aliphatic carbocycles. The van der Waals surface area contributed by atoms with E-state index in [0.717, 1.165) is 12.1 Å². The van der Waals surface area contributed by atoms with Crippen molar-refractivity contribution in [3.05, 3.63) is 40.3 Å². The van der Waals surface area contributed by atoms with Crippen LogP contribution < -0.4 is 0 Å². The summed E-state index contributed by atoms with van der Waals surface area (Å²) < 4.78 is 51.1. The maximum Gasteiger partial charge on any atom is 0.345 e. The molecule has 0 saturated heterocycles.